The minimum Gasteiger partial charge on any atom is -0.342 e. The van der Waals surface area contributed by atoms with Gasteiger partial charge in [-0.25, -0.2) is 0 Å². The maximum absolute atomic E-state index is 12.5. The molecule has 0 aliphatic carbocycles. The predicted molar refractivity (Wildman–Crippen MR) is 73.1 cm³/mol. The van der Waals surface area contributed by atoms with Gasteiger partial charge in [0.2, 0.25) is 0 Å². The number of halogens is 1. The third kappa shape index (κ3) is 2.70. The Morgan fingerprint density at radius 2 is 2.22 bits per heavy atom. The molecule has 1 amide bonds. The molecule has 5 heteroatoms. The normalized spacial score (nSPS) is 16.8. The van der Waals surface area contributed by atoms with Crippen LogP contribution in [-0.2, 0) is 6.54 Å². The lowest BCUT2D eigenvalue weighted by Crippen LogP contribution is -2.44. The minimum atomic E-state index is 0.0654. The largest absolute Gasteiger partial charge is 0.342 e. The summed E-state index contributed by atoms with van der Waals surface area (Å²) in [7, 11) is 1.89. The fourth-order valence-electron chi connectivity index (χ4n) is 2.46. The summed E-state index contributed by atoms with van der Waals surface area (Å²) in [6.45, 7) is 4.74. The van der Waals surface area contributed by atoms with E-state index in [2.05, 4.69) is 5.32 Å². The van der Waals surface area contributed by atoms with Crippen LogP contribution >= 0.6 is 11.6 Å². The SMILES string of the molecule is CCn1cc(Cl)cc1C(=O)N(C)C1CCNCC1. The molecule has 18 heavy (non-hydrogen) atoms. The molecule has 0 saturated carbocycles. The first-order chi connectivity index (χ1) is 8.63. The van der Waals surface area contributed by atoms with Crippen molar-refractivity contribution >= 4 is 17.5 Å². The lowest BCUT2D eigenvalue weighted by Gasteiger charge is -2.31. The van der Waals surface area contributed by atoms with Gasteiger partial charge in [0.1, 0.15) is 5.69 Å². The number of aromatic nitrogens is 1. The van der Waals surface area contributed by atoms with Gasteiger partial charge in [0, 0.05) is 25.8 Å². The van der Waals surface area contributed by atoms with Crippen LogP contribution in [0.2, 0.25) is 5.02 Å². The van der Waals surface area contributed by atoms with Crippen LogP contribution in [0, 0.1) is 0 Å². The van der Waals surface area contributed by atoms with Crippen LogP contribution in [0.1, 0.15) is 30.3 Å². The van der Waals surface area contributed by atoms with E-state index in [1.165, 1.54) is 0 Å². The Morgan fingerprint density at radius 3 is 2.83 bits per heavy atom. The van der Waals surface area contributed by atoms with Crippen molar-refractivity contribution in [1.29, 1.82) is 0 Å². The fourth-order valence-corrected chi connectivity index (χ4v) is 2.68. The van der Waals surface area contributed by atoms with Crippen LogP contribution < -0.4 is 5.32 Å². The molecule has 0 aromatic carbocycles. The molecular weight excluding hydrogens is 250 g/mol. The molecule has 1 aromatic heterocycles. The first-order valence-corrected chi connectivity index (χ1v) is 6.84. The summed E-state index contributed by atoms with van der Waals surface area (Å²) in [4.78, 5) is 14.3. The lowest BCUT2D eigenvalue weighted by atomic mass is 10.1. The number of nitrogens with zero attached hydrogens (tertiary/aromatic N) is 2. The third-order valence-corrected chi connectivity index (χ3v) is 3.81. The third-order valence-electron chi connectivity index (χ3n) is 3.60. The van der Waals surface area contributed by atoms with E-state index in [0.717, 1.165) is 32.5 Å². The van der Waals surface area contributed by atoms with Crippen molar-refractivity contribution in [3.8, 4) is 0 Å². The van der Waals surface area contributed by atoms with Gasteiger partial charge in [0.25, 0.3) is 5.91 Å². The fraction of sp³-hybridized carbons (Fsp3) is 0.615. The first-order valence-electron chi connectivity index (χ1n) is 6.47. The van der Waals surface area contributed by atoms with E-state index in [4.69, 9.17) is 11.6 Å². The van der Waals surface area contributed by atoms with Crippen molar-refractivity contribution in [3.05, 3.63) is 23.0 Å². The second-order valence-electron chi connectivity index (χ2n) is 4.73. The quantitative estimate of drug-likeness (QED) is 0.911. The van der Waals surface area contributed by atoms with Gasteiger partial charge >= 0.3 is 0 Å². The van der Waals surface area contributed by atoms with Crippen LogP contribution in [0.5, 0.6) is 0 Å². The Balaban J connectivity index is 2.13. The van der Waals surface area contributed by atoms with Crippen molar-refractivity contribution in [2.24, 2.45) is 0 Å². The monoisotopic (exact) mass is 269 g/mol. The zero-order chi connectivity index (χ0) is 13.1. The van der Waals surface area contributed by atoms with E-state index in [-0.39, 0.29) is 5.91 Å². The highest BCUT2D eigenvalue weighted by Crippen LogP contribution is 2.18. The average Bonchev–Trinajstić information content (AvgIpc) is 2.79. The van der Waals surface area contributed by atoms with Crippen LogP contribution in [-0.4, -0.2) is 41.6 Å². The van der Waals surface area contributed by atoms with Crippen LogP contribution in [0.3, 0.4) is 0 Å². The number of hydrogen-bond donors (Lipinski definition) is 1. The number of rotatable bonds is 3. The number of aryl methyl sites for hydroxylation is 1. The molecule has 0 bridgehead atoms. The molecule has 0 radical (unpaired) electrons. The Morgan fingerprint density at radius 1 is 1.56 bits per heavy atom. The van der Waals surface area contributed by atoms with Crippen molar-refractivity contribution in [2.75, 3.05) is 20.1 Å². The molecule has 1 saturated heterocycles. The van der Waals surface area contributed by atoms with Crippen LogP contribution in [0.25, 0.3) is 0 Å². The highest BCUT2D eigenvalue weighted by molar-refractivity contribution is 6.31. The van der Waals surface area contributed by atoms with Crippen molar-refractivity contribution < 1.29 is 4.79 Å². The number of carbonyl (C=O) groups excluding carboxylic acids is 1. The van der Waals surface area contributed by atoms with Crippen molar-refractivity contribution in [3.63, 3.8) is 0 Å². The van der Waals surface area contributed by atoms with Gasteiger partial charge in [0.05, 0.1) is 5.02 Å². The molecule has 1 fully saturated rings. The maximum Gasteiger partial charge on any atom is 0.270 e. The molecule has 0 spiro atoms. The minimum absolute atomic E-state index is 0.0654. The van der Waals surface area contributed by atoms with E-state index < -0.39 is 0 Å². The molecule has 1 aliphatic heterocycles. The van der Waals surface area contributed by atoms with Gasteiger partial charge in [-0.15, -0.1) is 0 Å². The maximum atomic E-state index is 12.5. The molecule has 100 valence electrons. The molecule has 4 nitrogen and oxygen atoms in total. The summed E-state index contributed by atoms with van der Waals surface area (Å²) < 4.78 is 1.91. The predicted octanol–water partition coefficient (Wildman–Crippen LogP) is 1.99. The summed E-state index contributed by atoms with van der Waals surface area (Å²) >= 11 is 5.98. The van der Waals surface area contributed by atoms with E-state index >= 15 is 0 Å². The summed E-state index contributed by atoms with van der Waals surface area (Å²) in [6, 6.07) is 2.09. The second-order valence-corrected chi connectivity index (χ2v) is 5.16. The van der Waals surface area contributed by atoms with E-state index in [9.17, 15) is 4.79 Å². The smallest absolute Gasteiger partial charge is 0.270 e. The zero-order valence-electron chi connectivity index (χ0n) is 10.9. The molecule has 0 unspecified atom stereocenters. The summed E-state index contributed by atoms with van der Waals surface area (Å²) in [6.07, 6.45) is 3.84. The Hall–Kier alpha value is -1.00. The second kappa shape index (κ2) is 5.76. The van der Waals surface area contributed by atoms with Crippen LogP contribution in [0.4, 0.5) is 0 Å². The van der Waals surface area contributed by atoms with E-state index in [1.54, 1.807) is 6.07 Å². The molecular formula is C13H20ClN3O. The van der Waals surface area contributed by atoms with Gasteiger partial charge in [0.15, 0.2) is 0 Å². The molecule has 2 heterocycles. The van der Waals surface area contributed by atoms with Gasteiger partial charge in [-0.05, 0) is 38.9 Å². The standard InChI is InChI=1S/C13H20ClN3O/c1-3-17-9-10(14)8-12(17)13(18)16(2)11-4-6-15-7-5-11/h8-9,11,15H,3-7H2,1-2H3. The number of carbonyl (C=O) groups is 1. The molecule has 2 rings (SSSR count). The summed E-state index contributed by atoms with van der Waals surface area (Å²) in [5, 5.41) is 3.93. The van der Waals surface area contributed by atoms with Crippen molar-refractivity contribution in [2.45, 2.75) is 32.4 Å². The van der Waals surface area contributed by atoms with E-state index in [0.29, 0.717) is 16.8 Å². The first kappa shape index (κ1) is 13.4. The van der Waals surface area contributed by atoms with Crippen molar-refractivity contribution in [1.82, 2.24) is 14.8 Å². The number of hydrogen-bond acceptors (Lipinski definition) is 2. The molecule has 1 aromatic rings. The molecule has 1 N–H and O–H groups in total. The lowest BCUT2D eigenvalue weighted by molar-refractivity contribution is 0.0692. The van der Waals surface area contributed by atoms with Gasteiger partial charge in [-0.1, -0.05) is 11.6 Å². The number of nitrogens with one attached hydrogen (secondary N) is 1. The topological polar surface area (TPSA) is 37.3 Å². The average molecular weight is 270 g/mol. The van der Waals surface area contributed by atoms with Crippen LogP contribution in [0.15, 0.2) is 12.3 Å². The number of amides is 1. The van der Waals surface area contributed by atoms with Gasteiger partial charge < -0.3 is 14.8 Å². The van der Waals surface area contributed by atoms with Gasteiger partial charge in [-0.2, -0.15) is 0 Å². The zero-order valence-corrected chi connectivity index (χ0v) is 11.7. The Kier molecular flexibility index (Phi) is 4.30. The highest BCUT2D eigenvalue weighted by atomic mass is 35.5. The molecule has 1 aliphatic rings. The summed E-state index contributed by atoms with van der Waals surface area (Å²) in [5.41, 5.74) is 0.684. The number of piperidine rings is 1. The Bertz CT molecular complexity index is 424. The highest BCUT2D eigenvalue weighted by Gasteiger charge is 2.24. The van der Waals surface area contributed by atoms with Gasteiger partial charge in [-0.3, -0.25) is 4.79 Å². The summed E-state index contributed by atoms with van der Waals surface area (Å²) in [5.74, 6) is 0.0654. The Labute approximate surface area is 113 Å². The van der Waals surface area contributed by atoms with E-state index in [1.807, 2.05) is 29.6 Å². The molecule has 0 atom stereocenters.